The molecule has 6 nitrogen and oxygen atoms in total. The van der Waals surface area contributed by atoms with Crippen molar-refractivity contribution in [3.05, 3.63) is 6.20 Å². The Morgan fingerprint density at radius 2 is 1.45 bits per heavy atom. The molecule has 2 aromatic heterocycles. The Hall–Kier alpha value is -1.85. The van der Waals surface area contributed by atoms with E-state index in [-0.39, 0.29) is 0 Å². The van der Waals surface area contributed by atoms with Crippen LogP contribution in [0.3, 0.4) is 0 Å². The van der Waals surface area contributed by atoms with Gasteiger partial charge >= 0.3 is 0 Å². The number of anilines is 2. The van der Waals surface area contributed by atoms with E-state index in [9.17, 15) is 0 Å². The summed E-state index contributed by atoms with van der Waals surface area (Å²) in [5.41, 5.74) is 0.955. The maximum atomic E-state index is 4.95. The quantitative estimate of drug-likeness (QED) is 0.852. The van der Waals surface area contributed by atoms with Gasteiger partial charge in [-0.3, -0.25) is 4.68 Å². The molecule has 22 heavy (non-hydrogen) atoms. The molecule has 2 fully saturated rings. The number of hydrogen-bond donors (Lipinski definition) is 0. The zero-order valence-corrected chi connectivity index (χ0v) is 13.3. The van der Waals surface area contributed by atoms with Gasteiger partial charge in [0.2, 0.25) is 5.95 Å². The maximum Gasteiger partial charge on any atom is 0.229 e. The van der Waals surface area contributed by atoms with E-state index in [4.69, 9.17) is 9.97 Å². The highest BCUT2D eigenvalue weighted by Crippen LogP contribution is 2.29. The third kappa shape index (κ3) is 2.40. The molecule has 0 radical (unpaired) electrons. The molecule has 0 aliphatic carbocycles. The van der Waals surface area contributed by atoms with Crippen molar-refractivity contribution < 1.29 is 0 Å². The maximum absolute atomic E-state index is 4.95. The Labute approximate surface area is 131 Å². The van der Waals surface area contributed by atoms with Crippen LogP contribution in [0, 0.1) is 0 Å². The molecular formula is C16H24N6. The molecule has 4 heterocycles. The third-order valence-electron chi connectivity index (χ3n) is 4.85. The molecule has 0 amide bonds. The number of nitrogens with zero attached hydrogens (tertiary/aromatic N) is 6. The van der Waals surface area contributed by atoms with Crippen molar-refractivity contribution in [3.8, 4) is 0 Å². The number of fused-ring (bicyclic) bond motifs is 1. The Morgan fingerprint density at radius 1 is 0.818 bits per heavy atom. The first-order valence-corrected chi connectivity index (χ1v) is 8.52. The third-order valence-corrected chi connectivity index (χ3v) is 4.85. The summed E-state index contributed by atoms with van der Waals surface area (Å²) in [6.45, 7) is 4.34. The predicted molar refractivity (Wildman–Crippen MR) is 88.4 cm³/mol. The van der Waals surface area contributed by atoms with Crippen LogP contribution in [-0.2, 0) is 7.05 Å². The van der Waals surface area contributed by atoms with E-state index in [1.54, 1.807) is 0 Å². The zero-order chi connectivity index (χ0) is 14.9. The van der Waals surface area contributed by atoms with Gasteiger partial charge in [0.1, 0.15) is 5.82 Å². The normalized spacial score (nSPS) is 19.9. The van der Waals surface area contributed by atoms with E-state index in [0.29, 0.717) is 0 Å². The average molecular weight is 300 g/mol. The van der Waals surface area contributed by atoms with E-state index in [1.165, 1.54) is 38.5 Å². The predicted octanol–water partition coefficient (Wildman–Crippen LogP) is 2.34. The van der Waals surface area contributed by atoms with Crippen LogP contribution in [-0.4, -0.2) is 45.9 Å². The summed E-state index contributed by atoms with van der Waals surface area (Å²) in [6, 6.07) is 0. The summed E-state index contributed by atoms with van der Waals surface area (Å²) >= 11 is 0. The summed E-state index contributed by atoms with van der Waals surface area (Å²) in [5, 5.41) is 5.49. The van der Waals surface area contributed by atoms with Crippen LogP contribution < -0.4 is 9.80 Å². The van der Waals surface area contributed by atoms with Gasteiger partial charge in [-0.15, -0.1) is 0 Å². The van der Waals surface area contributed by atoms with E-state index in [0.717, 1.165) is 49.0 Å². The molecule has 0 spiro atoms. The molecule has 2 aliphatic rings. The van der Waals surface area contributed by atoms with Crippen molar-refractivity contribution in [2.24, 2.45) is 7.05 Å². The van der Waals surface area contributed by atoms with E-state index in [2.05, 4.69) is 14.9 Å². The first kappa shape index (κ1) is 13.8. The topological polar surface area (TPSA) is 50.1 Å². The number of aromatic nitrogens is 4. The van der Waals surface area contributed by atoms with Gasteiger partial charge in [-0.25, -0.2) is 0 Å². The fourth-order valence-electron chi connectivity index (χ4n) is 3.58. The minimum absolute atomic E-state index is 0.886. The lowest BCUT2D eigenvalue weighted by Gasteiger charge is -2.31. The number of aryl methyl sites for hydroxylation is 1. The molecular weight excluding hydrogens is 276 g/mol. The second-order valence-electron chi connectivity index (χ2n) is 6.45. The molecule has 0 atom stereocenters. The first-order chi connectivity index (χ1) is 10.8. The molecule has 0 N–H and O–H groups in total. The van der Waals surface area contributed by atoms with Crippen molar-refractivity contribution in [3.63, 3.8) is 0 Å². The van der Waals surface area contributed by atoms with Gasteiger partial charge in [0.05, 0.1) is 11.6 Å². The lowest BCUT2D eigenvalue weighted by Crippen LogP contribution is -2.33. The fraction of sp³-hybridized carbons (Fsp3) is 0.688. The monoisotopic (exact) mass is 300 g/mol. The largest absolute Gasteiger partial charge is 0.356 e. The molecule has 0 bridgehead atoms. The van der Waals surface area contributed by atoms with Crippen molar-refractivity contribution in [1.29, 1.82) is 0 Å². The van der Waals surface area contributed by atoms with Crippen LogP contribution in [0.2, 0.25) is 0 Å². The first-order valence-electron chi connectivity index (χ1n) is 8.52. The Kier molecular flexibility index (Phi) is 3.60. The smallest absolute Gasteiger partial charge is 0.229 e. The summed E-state index contributed by atoms with van der Waals surface area (Å²) in [5.74, 6) is 1.97. The summed E-state index contributed by atoms with van der Waals surface area (Å²) in [6.07, 6.45) is 9.56. The Morgan fingerprint density at radius 3 is 2.14 bits per heavy atom. The van der Waals surface area contributed by atoms with Crippen LogP contribution >= 0.6 is 0 Å². The van der Waals surface area contributed by atoms with Gasteiger partial charge in [-0.2, -0.15) is 15.1 Å². The lowest BCUT2D eigenvalue weighted by atomic mass is 10.1. The fourth-order valence-corrected chi connectivity index (χ4v) is 3.58. The second-order valence-corrected chi connectivity index (χ2v) is 6.45. The highest BCUT2D eigenvalue weighted by Gasteiger charge is 2.22. The van der Waals surface area contributed by atoms with Crippen LogP contribution in [0.1, 0.15) is 38.5 Å². The van der Waals surface area contributed by atoms with Crippen molar-refractivity contribution in [2.75, 3.05) is 36.0 Å². The summed E-state index contributed by atoms with van der Waals surface area (Å²) in [7, 11) is 1.97. The standard InChI is InChI=1S/C16H24N6/c1-20-14-13(12-17-20)15(21-8-4-2-5-9-21)19-16(18-14)22-10-6-3-7-11-22/h12H,2-11H2,1H3. The van der Waals surface area contributed by atoms with Gasteiger partial charge in [0.25, 0.3) is 0 Å². The molecule has 0 aromatic carbocycles. The second kappa shape index (κ2) is 5.74. The van der Waals surface area contributed by atoms with Crippen LogP contribution in [0.15, 0.2) is 6.20 Å². The van der Waals surface area contributed by atoms with Gasteiger partial charge in [0.15, 0.2) is 5.65 Å². The highest BCUT2D eigenvalue weighted by molar-refractivity contribution is 5.88. The molecule has 2 saturated heterocycles. The van der Waals surface area contributed by atoms with Crippen molar-refractivity contribution in [1.82, 2.24) is 19.7 Å². The molecule has 0 saturated carbocycles. The minimum Gasteiger partial charge on any atom is -0.356 e. The average Bonchev–Trinajstić information content (AvgIpc) is 2.97. The molecule has 6 heteroatoms. The Bertz CT molecular complexity index is 652. The van der Waals surface area contributed by atoms with Gasteiger partial charge in [0, 0.05) is 33.2 Å². The SMILES string of the molecule is Cn1ncc2c(N3CCCCC3)nc(N3CCCCC3)nc21. The number of hydrogen-bond acceptors (Lipinski definition) is 5. The summed E-state index contributed by atoms with van der Waals surface area (Å²) in [4.78, 5) is 14.5. The Balaban J connectivity index is 1.78. The lowest BCUT2D eigenvalue weighted by molar-refractivity contribution is 0.562. The van der Waals surface area contributed by atoms with E-state index < -0.39 is 0 Å². The molecule has 2 aromatic rings. The van der Waals surface area contributed by atoms with Crippen LogP contribution in [0.5, 0.6) is 0 Å². The zero-order valence-electron chi connectivity index (χ0n) is 13.3. The molecule has 2 aliphatic heterocycles. The van der Waals surface area contributed by atoms with Crippen molar-refractivity contribution in [2.45, 2.75) is 38.5 Å². The van der Waals surface area contributed by atoms with Crippen LogP contribution in [0.25, 0.3) is 11.0 Å². The number of rotatable bonds is 2. The van der Waals surface area contributed by atoms with E-state index >= 15 is 0 Å². The highest BCUT2D eigenvalue weighted by atomic mass is 15.3. The van der Waals surface area contributed by atoms with Gasteiger partial charge < -0.3 is 9.80 Å². The summed E-state index contributed by atoms with van der Waals surface area (Å²) < 4.78 is 1.87. The van der Waals surface area contributed by atoms with Crippen molar-refractivity contribution >= 4 is 22.8 Å². The number of piperidine rings is 2. The minimum atomic E-state index is 0.886. The molecule has 118 valence electrons. The molecule has 4 rings (SSSR count). The molecule has 0 unspecified atom stereocenters. The van der Waals surface area contributed by atoms with Gasteiger partial charge in [-0.1, -0.05) is 0 Å². The van der Waals surface area contributed by atoms with E-state index in [1.807, 2.05) is 17.9 Å². The van der Waals surface area contributed by atoms with Crippen LogP contribution in [0.4, 0.5) is 11.8 Å². The van der Waals surface area contributed by atoms with Gasteiger partial charge in [-0.05, 0) is 38.5 Å².